The lowest BCUT2D eigenvalue weighted by molar-refractivity contribution is -0.136. The summed E-state index contributed by atoms with van der Waals surface area (Å²) in [5.41, 5.74) is -0.571. The molecule has 7 heteroatoms. The minimum atomic E-state index is -1.81. The van der Waals surface area contributed by atoms with Crippen LogP contribution in [0.2, 0.25) is 18.1 Å². The maximum absolute atomic E-state index is 12.6. The van der Waals surface area contributed by atoms with Crippen LogP contribution in [0.4, 0.5) is 4.79 Å². The molecule has 1 rings (SSSR count). The Morgan fingerprint density at radius 1 is 1.24 bits per heavy atom. The molecule has 1 N–H and O–H groups in total. The number of nitrogens with zero attached hydrogens (tertiary/aromatic N) is 1. The summed E-state index contributed by atoms with van der Waals surface area (Å²) in [7, 11) is -1.81. The molecule has 0 radical (unpaired) electrons. The number of ether oxygens (including phenoxy) is 1. The van der Waals surface area contributed by atoms with E-state index in [1.54, 1.807) is 25.7 Å². The van der Waals surface area contributed by atoms with Crippen molar-refractivity contribution in [3.63, 3.8) is 0 Å². The second-order valence-corrected chi connectivity index (χ2v) is 14.1. The van der Waals surface area contributed by atoms with Gasteiger partial charge in [0.05, 0.1) is 6.61 Å². The number of hydrogen-bond donors (Lipinski definition) is 1. The molecule has 0 bridgehead atoms. The topological polar surface area (TPSA) is 67.9 Å². The van der Waals surface area contributed by atoms with Gasteiger partial charge in [-0.05, 0) is 51.7 Å². The van der Waals surface area contributed by atoms with Crippen LogP contribution in [0.1, 0.15) is 54.4 Å². The molecule has 0 unspecified atom stereocenters. The average molecular weight is 373 g/mol. The van der Waals surface area contributed by atoms with E-state index in [0.29, 0.717) is 26.1 Å². The van der Waals surface area contributed by atoms with Crippen LogP contribution in [0, 0.1) is 0 Å². The predicted octanol–water partition coefficient (Wildman–Crippen LogP) is 3.52. The maximum Gasteiger partial charge on any atom is 0.408 e. The lowest BCUT2D eigenvalue weighted by Gasteiger charge is -2.38. The number of rotatable bonds is 5. The van der Waals surface area contributed by atoms with Crippen molar-refractivity contribution in [1.29, 1.82) is 0 Å². The fourth-order valence-corrected chi connectivity index (χ4v) is 3.41. The summed E-state index contributed by atoms with van der Waals surface area (Å²) in [4.78, 5) is 26.3. The van der Waals surface area contributed by atoms with Gasteiger partial charge in [-0.1, -0.05) is 20.8 Å². The number of nitrogens with one attached hydrogen (secondary N) is 1. The molecule has 25 heavy (non-hydrogen) atoms. The largest absolute Gasteiger partial charge is 0.444 e. The molecule has 1 aliphatic rings. The van der Waals surface area contributed by atoms with E-state index in [1.165, 1.54) is 0 Å². The van der Waals surface area contributed by atoms with E-state index in [-0.39, 0.29) is 10.9 Å². The van der Waals surface area contributed by atoms with Gasteiger partial charge in [0.25, 0.3) is 0 Å². The summed E-state index contributed by atoms with van der Waals surface area (Å²) in [6.07, 6.45) is 0.981. The summed E-state index contributed by atoms with van der Waals surface area (Å²) in [5, 5.41) is 2.85. The lowest BCUT2D eigenvalue weighted by Crippen LogP contribution is -2.54. The highest BCUT2D eigenvalue weighted by atomic mass is 28.4. The first-order valence-electron chi connectivity index (χ1n) is 9.15. The van der Waals surface area contributed by atoms with Gasteiger partial charge >= 0.3 is 6.09 Å². The molecule has 1 heterocycles. The van der Waals surface area contributed by atoms with Crippen LogP contribution in [0.15, 0.2) is 0 Å². The standard InChI is InChI=1S/C18H36N2O4Si/c1-17(2,3)24-16(22)19-14-10-9-11-20(15(14)21)12-13-23-25(7,8)18(4,5)6/h14H,9-13H2,1-8H3,(H,19,22)/t14-/m0/s1. The SMILES string of the molecule is CC(C)(C)OC(=O)N[C@H]1CCCN(CCO[Si](C)(C)C(C)(C)C)C1=O. The Balaban J connectivity index is 2.52. The van der Waals surface area contributed by atoms with Crippen LogP contribution in [-0.4, -0.2) is 56.6 Å². The van der Waals surface area contributed by atoms with Crippen molar-refractivity contribution in [2.24, 2.45) is 0 Å². The smallest absolute Gasteiger partial charge is 0.408 e. The summed E-state index contributed by atoms with van der Waals surface area (Å²) in [5.74, 6) is -0.0454. The Labute approximate surface area is 153 Å². The Hall–Kier alpha value is -1.08. The Bertz CT molecular complexity index is 480. The number of likely N-dealkylation sites (tertiary alicyclic amines) is 1. The molecule has 0 saturated carbocycles. The molecule has 0 aliphatic carbocycles. The average Bonchev–Trinajstić information content (AvgIpc) is 2.39. The van der Waals surface area contributed by atoms with E-state index < -0.39 is 26.1 Å². The van der Waals surface area contributed by atoms with Crippen molar-refractivity contribution in [2.75, 3.05) is 19.7 Å². The predicted molar refractivity (Wildman–Crippen MR) is 102 cm³/mol. The summed E-state index contributed by atoms with van der Waals surface area (Å²) in [6.45, 7) is 18.3. The summed E-state index contributed by atoms with van der Waals surface area (Å²) in [6, 6.07) is -0.503. The Morgan fingerprint density at radius 3 is 2.36 bits per heavy atom. The molecule has 0 aromatic carbocycles. The van der Waals surface area contributed by atoms with E-state index in [1.807, 2.05) is 0 Å². The minimum absolute atomic E-state index is 0.0454. The molecule has 0 spiro atoms. The molecule has 0 aromatic heterocycles. The molecule has 1 saturated heterocycles. The minimum Gasteiger partial charge on any atom is -0.444 e. The van der Waals surface area contributed by atoms with Gasteiger partial charge in [0, 0.05) is 13.1 Å². The van der Waals surface area contributed by atoms with Gasteiger partial charge < -0.3 is 19.4 Å². The normalized spacial score (nSPS) is 19.8. The van der Waals surface area contributed by atoms with Crippen molar-refractivity contribution in [3.8, 4) is 0 Å². The van der Waals surface area contributed by atoms with Crippen LogP contribution in [0.25, 0.3) is 0 Å². The lowest BCUT2D eigenvalue weighted by atomic mass is 10.1. The highest BCUT2D eigenvalue weighted by molar-refractivity contribution is 6.74. The summed E-state index contributed by atoms with van der Waals surface area (Å²) < 4.78 is 11.4. The van der Waals surface area contributed by atoms with Crippen LogP contribution in [0.3, 0.4) is 0 Å². The molecular weight excluding hydrogens is 336 g/mol. The van der Waals surface area contributed by atoms with Crippen molar-refractivity contribution in [3.05, 3.63) is 0 Å². The fraction of sp³-hybridized carbons (Fsp3) is 0.889. The Kier molecular flexibility index (Phi) is 7.09. The first kappa shape index (κ1) is 22.0. The van der Waals surface area contributed by atoms with Crippen molar-refractivity contribution in [1.82, 2.24) is 10.2 Å². The monoisotopic (exact) mass is 372 g/mol. The highest BCUT2D eigenvalue weighted by Gasteiger charge is 2.37. The van der Waals surface area contributed by atoms with Gasteiger partial charge in [-0.25, -0.2) is 4.79 Å². The summed E-state index contributed by atoms with van der Waals surface area (Å²) >= 11 is 0. The molecule has 2 amide bonds. The molecule has 146 valence electrons. The molecule has 1 atom stereocenters. The zero-order valence-corrected chi connectivity index (χ0v) is 18.2. The quantitative estimate of drug-likeness (QED) is 0.750. The fourth-order valence-electron chi connectivity index (χ4n) is 2.37. The highest BCUT2D eigenvalue weighted by Crippen LogP contribution is 2.36. The Morgan fingerprint density at radius 2 is 1.84 bits per heavy atom. The van der Waals surface area contributed by atoms with Gasteiger partial charge in [0.15, 0.2) is 8.32 Å². The second kappa shape index (κ2) is 8.08. The van der Waals surface area contributed by atoms with Gasteiger partial charge in [-0.2, -0.15) is 0 Å². The van der Waals surface area contributed by atoms with Crippen molar-refractivity contribution >= 4 is 20.3 Å². The van der Waals surface area contributed by atoms with Crippen LogP contribution in [-0.2, 0) is 14.0 Å². The third kappa shape index (κ3) is 6.97. The van der Waals surface area contributed by atoms with Crippen molar-refractivity contribution < 1.29 is 18.8 Å². The number of carbonyl (C=O) groups is 2. The number of carbonyl (C=O) groups excluding carboxylic acids is 2. The number of piperidine rings is 1. The zero-order chi connectivity index (χ0) is 19.5. The third-order valence-electron chi connectivity index (χ3n) is 4.85. The van der Waals surface area contributed by atoms with Gasteiger partial charge in [0.2, 0.25) is 5.91 Å². The molecule has 6 nitrogen and oxygen atoms in total. The number of amides is 2. The van der Waals surface area contributed by atoms with E-state index in [4.69, 9.17) is 9.16 Å². The first-order valence-corrected chi connectivity index (χ1v) is 12.1. The zero-order valence-electron chi connectivity index (χ0n) is 17.2. The molecule has 1 fully saturated rings. The molecular formula is C18H36N2O4Si. The van der Waals surface area contributed by atoms with Gasteiger partial charge in [-0.3, -0.25) is 4.79 Å². The first-order chi connectivity index (χ1) is 11.2. The van der Waals surface area contributed by atoms with E-state index in [2.05, 4.69) is 39.2 Å². The van der Waals surface area contributed by atoms with Crippen molar-refractivity contribution in [2.45, 2.75) is 84.2 Å². The number of alkyl carbamates (subject to hydrolysis) is 1. The van der Waals surface area contributed by atoms with Crippen LogP contribution >= 0.6 is 0 Å². The number of hydrogen-bond acceptors (Lipinski definition) is 4. The second-order valence-electron chi connectivity index (χ2n) is 9.28. The van der Waals surface area contributed by atoms with Crippen LogP contribution < -0.4 is 5.32 Å². The van der Waals surface area contributed by atoms with E-state index >= 15 is 0 Å². The van der Waals surface area contributed by atoms with E-state index in [0.717, 1.165) is 6.42 Å². The van der Waals surface area contributed by atoms with Gasteiger partial charge in [0.1, 0.15) is 11.6 Å². The van der Waals surface area contributed by atoms with Crippen LogP contribution in [0.5, 0.6) is 0 Å². The van der Waals surface area contributed by atoms with Gasteiger partial charge in [-0.15, -0.1) is 0 Å². The third-order valence-corrected chi connectivity index (χ3v) is 9.39. The molecule has 1 aliphatic heterocycles. The van der Waals surface area contributed by atoms with E-state index in [9.17, 15) is 9.59 Å². The maximum atomic E-state index is 12.6. The molecule has 0 aromatic rings.